The average Bonchev–Trinajstić information content (AvgIpc) is 3.35. The first kappa shape index (κ1) is 21.7. The molecule has 2 saturated heterocycles. The lowest BCUT2D eigenvalue weighted by atomic mass is 10.0. The quantitative estimate of drug-likeness (QED) is 0.444. The Hall–Kier alpha value is -2.85. The second-order valence-corrected chi connectivity index (χ2v) is 11.0. The van der Waals surface area contributed by atoms with Gasteiger partial charge in [0.15, 0.2) is 0 Å². The van der Waals surface area contributed by atoms with Crippen molar-refractivity contribution in [2.75, 3.05) is 42.7 Å². The molecule has 4 aromatic rings. The van der Waals surface area contributed by atoms with E-state index in [1.165, 1.54) is 0 Å². The summed E-state index contributed by atoms with van der Waals surface area (Å²) in [5.74, 6) is 2.92. The van der Waals surface area contributed by atoms with Gasteiger partial charge in [-0.25, -0.2) is 9.67 Å². The van der Waals surface area contributed by atoms with Crippen molar-refractivity contribution in [3.63, 3.8) is 0 Å². The number of hydrogen-bond acceptors (Lipinski definition) is 7. The molecule has 4 aromatic heterocycles. The van der Waals surface area contributed by atoms with Crippen LogP contribution >= 0.6 is 0 Å². The zero-order chi connectivity index (χ0) is 23.2. The van der Waals surface area contributed by atoms with E-state index in [1.807, 2.05) is 31.0 Å². The van der Waals surface area contributed by atoms with Crippen LogP contribution in [0.5, 0.6) is 0 Å². The van der Waals surface area contributed by atoms with Gasteiger partial charge in [-0.1, -0.05) is 5.21 Å². The molecule has 0 atom stereocenters. The molecule has 2 fully saturated rings. The molecule has 10 heteroatoms. The summed E-state index contributed by atoms with van der Waals surface area (Å²) in [7, 11) is 1.20. The molecule has 178 valence electrons. The summed E-state index contributed by atoms with van der Waals surface area (Å²) in [6.45, 7) is 6.10. The Kier molecular flexibility index (Phi) is 5.57. The Morgan fingerprint density at radius 1 is 1.09 bits per heavy atom. The number of hydrogen-bond donors (Lipinski definition) is 0. The molecule has 0 spiro atoms. The lowest BCUT2D eigenvalue weighted by molar-refractivity contribution is 0.0620. The van der Waals surface area contributed by atoms with Crippen LogP contribution in [0.15, 0.2) is 24.5 Å². The lowest BCUT2D eigenvalue weighted by Crippen LogP contribution is -2.38. The summed E-state index contributed by atoms with van der Waals surface area (Å²) >= 11 is 0. The van der Waals surface area contributed by atoms with Crippen LogP contribution < -0.4 is 4.90 Å². The van der Waals surface area contributed by atoms with Gasteiger partial charge in [0, 0.05) is 91.6 Å². The minimum absolute atomic E-state index is 0.560. The number of aromatic nitrogens is 6. The molecule has 0 saturated carbocycles. The lowest BCUT2D eigenvalue weighted by Gasteiger charge is -2.27. The molecule has 0 bridgehead atoms. The number of nitrogens with zero attached hydrogens (tertiary/aromatic N) is 7. The van der Waals surface area contributed by atoms with Crippen molar-refractivity contribution in [3.05, 3.63) is 30.2 Å². The maximum Gasteiger partial charge on any atom is 0.130 e. The molecular formula is C24H29N7O2S. The summed E-state index contributed by atoms with van der Waals surface area (Å²) in [5.41, 5.74) is 6.12. The fourth-order valence-electron chi connectivity index (χ4n) is 5.25. The smallest absolute Gasteiger partial charge is 0.130 e. The Morgan fingerprint density at radius 3 is 2.62 bits per heavy atom. The predicted molar refractivity (Wildman–Crippen MR) is 133 cm³/mol. The summed E-state index contributed by atoms with van der Waals surface area (Å²) in [6.07, 6.45) is 6.01. The van der Waals surface area contributed by atoms with Crippen molar-refractivity contribution in [1.29, 1.82) is 0 Å². The van der Waals surface area contributed by atoms with Gasteiger partial charge in [0.25, 0.3) is 0 Å². The zero-order valence-corrected chi connectivity index (χ0v) is 20.4. The van der Waals surface area contributed by atoms with Crippen LogP contribution in [0.4, 0.5) is 5.82 Å². The molecule has 0 N–H and O–H groups in total. The number of rotatable bonds is 4. The van der Waals surface area contributed by atoms with Crippen LogP contribution in [0.3, 0.4) is 0 Å². The normalized spacial score (nSPS) is 18.4. The minimum Gasteiger partial charge on any atom is -0.381 e. The van der Waals surface area contributed by atoms with Crippen LogP contribution in [0.25, 0.3) is 33.2 Å². The maximum atomic E-state index is 11.9. The molecule has 9 nitrogen and oxygen atoms in total. The first-order valence-electron chi connectivity index (χ1n) is 11.9. The van der Waals surface area contributed by atoms with Crippen molar-refractivity contribution in [1.82, 2.24) is 29.5 Å². The van der Waals surface area contributed by atoms with Gasteiger partial charge in [-0.3, -0.25) is 9.19 Å². The fraction of sp³-hybridized carbons (Fsp3) is 0.500. The van der Waals surface area contributed by atoms with Gasteiger partial charge in [0.2, 0.25) is 0 Å². The fourth-order valence-corrected chi connectivity index (χ4v) is 6.30. The first-order valence-corrected chi connectivity index (χ1v) is 13.4. The van der Waals surface area contributed by atoms with E-state index in [9.17, 15) is 4.21 Å². The monoisotopic (exact) mass is 479 g/mol. The number of ether oxygens (including phenoxy) is 1. The van der Waals surface area contributed by atoms with Crippen molar-refractivity contribution in [2.24, 2.45) is 13.0 Å². The molecule has 6 rings (SSSR count). The van der Waals surface area contributed by atoms with Crippen molar-refractivity contribution in [2.45, 2.75) is 26.3 Å². The number of fused-ring (bicyclic) bond motifs is 3. The second kappa shape index (κ2) is 8.74. The molecule has 0 aliphatic carbocycles. The van der Waals surface area contributed by atoms with E-state index in [1.54, 1.807) is 0 Å². The van der Waals surface area contributed by atoms with Gasteiger partial charge in [0.05, 0.1) is 27.9 Å². The Bertz CT molecular complexity index is 1360. The maximum absolute atomic E-state index is 11.9. The van der Waals surface area contributed by atoms with E-state index >= 15 is 0 Å². The minimum atomic E-state index is -0.714. The van der Waals surface area contributed by atoms with Gasteiger partial charge in [0.1, 0.15) is 5.82 Å². The molecule has 0 aromatic carbocycles. The highest BCUT2D eigenvalue weighted by atomic mass is 32.2. The molecule has 0 unspecified atom stereocenters. The standard InChI is InChI=1S/C24H29N7O2S/c1-16-24(29(2)28-27-16)18-11-21-23(26-13-18)19-14-25-22(30-5-9-34(32)10-6-30)12-20(19)31(21)15-17-3-7-33-8-4-17/h11-14,17H,3-10,15H2,1-2H3. The molecular weight excluding hydrogens is 450 g/mol. The van der Waals surface area contributed by atoms with Crippen LogP contribution in [0.1, 0.15) is 18.5 Å². The van der Waals surface area contributed by atoms with Crippen LogP contribution in [0.2, 0.25) is 0 Å². The number of aryl methyl sites for hydroxylation is 2. The van der Waals surface area contributed by atoms with Crippen LogP contribution in [-0.2, 0) is 29.1 Å². The van der Waals surface area contributed by atoms with Gasteiger partial charge in [-0.15, -0.1) is 5.10 Å². The Morgan fingerprint density at radius 2 is 1.88 bits per heavy atom. The molecule has 0 radical (unpaired) electrons. The third-order valence-corrected chi connectivity index (χ3v) is 8.40. The van der Waals surface area contributed by atoms with Crippen molar-refractivity contribution in [3.8, 4) is 11.3 Å². The summed E-state index contributed by atoms with van der Waals surface area (Å²) < 4.78 is 21.7. The number of anilines is 1. The third-order valence-electron chi connectivity index (χ3n) is 7.12. The molecule has 2 aliphatic rings. The largest absolute Gasteiger partial charge is 0.381 e. The van der Waals surface area contributed by atoms with Gasteiger partial charge in [-0.05, 0) is 31.7 Å². The van der Waals surface area contributed by atoms with Crippen LogP contribution in [-0.4, -0.2) is 71.5 Å². The second-order valence-electron chi connectivity index (χ2n) is 9.30. The Balaban J connectivity index is 1.50. The zero-order valence-electron chi connectivity index (χ0n) is 19.6. The molecule has 2 aliphatic heterocycles. The van der Waals surface area contributed by atoms with E-state index in [2.05, 4.69) is 31.9 Å². The highest BCUT2D eigenvalue weighted by Crippen LogP contribution is 2.34. The van der Waals surface area contributed by atoms with Crippen LogP contribution in [0, 0.1) is 12.8 Å². The summed E-state index contributed by atoms with van der Waals surface area (Å²) in [5, 5.41) is 9.48. The Labute approximate surface area is 200 Å². The van der Waals surface area contributed by atoms with E-state index in [-0.39, 0.29) is 0 Å². The van der Waals surface area contributed by atoms with E-state index in [0.29, 0.717) is 17.4 Å². The highest BCUT2D eigenvalue weighted by Gasteiger charge is 2.22. The summed E-state index contributed by atoms with van der Waals surface area (Å²) in [4.78, 5) is 12.0. The average molecular weight is 480 g/mol. The highest BCUT2D eigenvalue weighted by molar-refractivity contribution is 7.85. The molecule has 6 heterocycles. The van der Waals surface area contributed by atoms with Crippen molar-refractivity contribution >= 4 is 38.6 Å². The third kappa shape index (κ3) is 3.78. The topological polar surface area (TPSA) is 91.0 Å². The predicted octanol–water partition coefficient (Wildman–Crippen LogP) is 2.68. The molecule has 34 heavy (non-hydrogen) atoms. The number of pyridine rings is 2. The van der Waals surface area contributed by atoms with E-state index in [0.717, 1.165) is 90.4 Å². The summed E-state index contributed by atoms with van der Waals surface area (Å²) in [6, 6.07) is 4.41. The SMILES string of the molecule is Cc1nnn(C)c1-c1cnc2c3cnc(N4CCS(=O)CC4)cc3n(CC3CCOCC3)c2c1. The van der Waals surface area contributed by atoms with Gasteiger partial charge in [-0.2, -0.15) is 0 Å². The first-order chi connectivity index (χ1) is 16.6. The molecule has 0 amide bonds. The van der Waals surface area contributed by atoms with Crippen molar-refractivity contribution < 1.29 is 8.95 Å². The van der Waals surface area contributed by atoms with Gasteiger partial charge >= 0.3 is 0 Å². The van der Waals surface area contributed by atoms with E-state index in [4.69, 9.17) is 14.7 Å². The van der Waals surface area contributed by atoms with E-state index < -0.39 is 10.8 Å². The van der Waals surface area contributed by atoms with Gasteiger partial charge < -0.3 is 14.2 Å².